The summed E-state index contributed by atoms with van der Waals surface area (Å²) in [5.74, 6) is 0. The predicted molar refractivity (Wildman–Crippen MR) is 105 cm³/mol. The second-order valence-electron chi connectivity index (χ2n) is 6.48. The van der Waals surface area contributed by atoms with Crippen LogP contribution >= 0.6 is 11.6 Å². The highest BCUT2D eigenvalue weighted by atomic mass is 35.5. The lowest BCUT2D eigenvalue weighted by molar-refractivity contribution is 0.479. The maximum Gasteiger partial charge on any atom is 0.268 e. The van der Waals surface area contributed by atoms with Crippen molar-refractivity contribution in [1.82, 2.24) is 9.29 Å². The molecule has 26 heavy (non-hydrogen) atoms. The van der Waals surface area contributed by atoms with Gasteiger partial charge in [-0.3, -0.25) is 0 Å². The van der Waals surface area contributed by atoms with Crippen LogP contribution in [0.4, 0.5) is 5.69 Å². The van der Waals surface area contributed by atoms with E-state index < -0.39 is 10.0 Å². The zero-order valence-corrected chi connectivity index (χ0v) is 15.7. The fraction of sp³-hybridized carbons (Fsp3) is 0.263. The van der Waals surface area contributed by atoms with Crippen LogP contribution < -0.4 is 10.6 Å². The molecule has 1 fully saturated rings. The fourth-order valence-electron chi connectivity index (χ4n) is 3.41. The van der Waals surface area contributed by atoms with Gasteiger partial charge in [0, 0.05) is 28.3 Å². The van der Waals surface area contributed by atoms with Crippen LogP contribution in [-0.4, -0.2) is 31.5 Å². The fourth-order valence-corrected chi connectivity index (χ4v) is 5.05. The highest BCUT2D eigenvalue weighted by Gasteiger charge is 2.21. The van der Waals surface area contributed by atoms with Crippen molar-refractivity contribution in [2.24, 2.45) is 0 Å². The van der Waals surface area contributed by atoms with E-state index in [2.05, 4.69) is 10.6 Å². The first-order valence-electron chi connectivity index (χ1n) is 8.64. The van der Waals surface area contributed by atoms with Gasteiger partial charge in [0.25, 0.3) is 10.0 Å². The van der Waals surface area contributed by atoms with Gasteiger partial charge in [-0.15, -0.1) is 0 Å². The second kappa shape index (κ2) is 6.95. The maximum absolute atomic E-state index is 13.0. The van der Waals surface area contributed by atoms with E-state index in [9.17, 15) is 8.42 Å². The maximum atomic E-state index is 13.0. The third kappa shape index (κ3) is 3.20. The molecule has 2 heterocycles. The van der Waals surface area contributed by atoms with Gasteiger partial charge in [0.15, 0.2) is 0 Å². The summed E-state index contributed by atoms with van der Waals surface area (Å²) in [6, 6.07) is 14.3. The number of halogens is 1. The first kappa shape index (κ1) is 17.4. The zero-order chi connectivity index (χ0) is 18.1. The van der Waals surface area contributed by atoms with Crippen molar-refractivity contribution < 1.29 is 8.42 Å². The molecule has 5 nitrogen and oxygen atoms in total. The summed E-state index contributed by atoms with van der Waals surface area (Å²) in [4.78, 5) is 0.180. The third-order valence-corrected chi connectivity index (χ3v) is 6.67. The summed E-state index contributed by atoms with van der Waals surface area (Å²) < 4.78 is 27.4. The Morgan fingerprint density at radius 2 is 1.85 bits per heavy atom. The Labute approximate surface area is 158 Å². The van der Waals surface area contributed by atoms with Gasteiger partial charge >= 0.3 is 0 Å². The summed E-state index contributed by atoms with van der Waals surface area (Å²) >= 11 is 5.98. The first-order valence-corrected chi connectivity index (χ1v) is 10.5. The predicted octanol–water partition coefficient (Wildman–Crippen LogP) is 3.70. The summed E-state index contributed by atoms with van der Waals surface area (Å²) in [6.07, 6.45) is 3.71. The van der Waals surface area contributed by atoms with Crippen molar-refractivity contribution in [3.63, 3.8) is 0 Å². The Bertz CT molecular complexity index is 1040. The normalized spacial score (nSPS) is 16.0. The van der Waals surface area contributed by atoms with Crippen molar-refractivity contribution >= 4 is 38.2 Å². The summed E-state index contributed by atoms with van der Waals surface area (Å²) in [5, 5.41) is 8.22. The molecule has 2 N–H and O–H groups in total. The molecule has 0 spiro atoms. The smallest absolute Gasteiger partial charge is 0.268 e. The summed E-state index contributed by atoms with van der Waals surface area (Å²) in [7, 11) is -3.70. The van der Waals surface area contributed by atoms with E-state index >= 15 is 0 Å². The molecule has 1 aromatic heterocycles. The molecule has 7 heteroatoms. The average molecular weight is 390 g/mol. The molecule has 0 atom stereocenters. The highest BCUT2D eigenvalue weighted by Crippen LogP contribution is 2.29. The van der Waals surface area contributed by atoms with Crippen LogP contribution in [0.3, 0.4) is 0 Å². The van der Waals surface area contributed by atoms with Crippen LogP contribution in [0.1, 0.15) is 12.8 Å². The van der Waals surface area contributed by atoms with Crippen molar-refractivity contribution in [2.45, 2.75) is 23.8 Å². The number of hydrogen-bond donors (Lipinski definition) is 2. The Kier molecular flexibility index (Phi) is 4.65. The molecule has 1 aliphatic rings. The van der Waals surface area contributed by atoms with Crippen molar-refractivity contribution in [3.05, 3.63) is 59.8 Å². The molecule has 0 unspecified atom stereocenters. The van der Waals surface area contributed by atoms with Gasteiger partial charge < -0.3 is 10.6 Å². The van der Waals surface area contributed by atoms with Crippen molar-refractivity contribution in [1.29, 1.82) is 0 Å². The molecule has 4 rings (SSSR count). The number of piperidine rings is 1. The van der Waals surface area contributed by atoms with Crippen molar-refractivity contribution in [2.75, 3.05) is 18.4 Å². The number of benzene rings is 2. The number of anilines is 1. The Morgan fingerprint density at radius 3 is 2.62 bits per heavy atom. The quantitative estimate of drug-likeness (QED) is 0.714. The highest BCUT2D eigenvalue weighted by molar-refractivity contribution is 7.90. The second-order valence-corrected chi connectivity index (χ2v) is 8.73. The standard InChI is InChI=1S/C19H20ClN3O2S/c20-14-3-1-4-16(13-14)26(24,25)23-12-9-17-18(5-2-6-19(17)23)22-15-7-10-21-11-8-15/h1-6,9,12-13,15,21-22H,7-8,10-11H2. The van der Waals surface area contributed by atoms with Gasteiger partial charge in [-0.1, -0.05) is 23.7 Å². The van der Waals surface area contributed by atoms with Crippen LogP contribution in [0, 0.1) is 0 Å². The minimum atomic E-state index is -3.70. The Hall–Kier alpha value is -2.02. The molecule has 0 amide bonds. The number of hydrogen-bond acceptors (Lipinski definition) is 4. The van der Waals surface area contributed by atoms with E-state index in [4.69, 9.17) is 11.6 Å². The molecule has 3 aromatic rings. The zero-order valence-electron chi connectivity index (χ0n) is 14.2. The Balaban J connectivity index is 1.74. The van der Waals surface area contributed by atoms with Gasteiger partial charge in [-0.05, 0) is 62.3 Å². The van der Waals surface area contributed by atoms with Gasteiger partial charge in [0.05, 0.1) is 10.4 Å². The van der Waals surface area contributed by atoms with Gasteiger partial charge in [-0.25, -0.2) is 12.4 Å². The topological polar surface area (TPSA) is 63.1 Å². The van der Waals surface area contributed by atoms with Crippen LogP contribution in [0.2, 0.25) is 5.02 Å². The average Bonchev–Trinajstić information content (AvgIpc) is 3.09. The molecule has 0 saturated carbocycles. The molecule has 0 bridgehead atoms. The summed E-state index contributed by atoms with van der Waals surface area (Å²) in [6.45, 7) is 2.00. The monoisotopic (exact) mass is 389 g/mol. The molecular formula is C19H20ClN3O2S. The van der Waals surface area contributed by atoms with Gasteiger partial charge in [0.1, 0.15) is 0 Å². The summed E-state index contributed by atoms with van der Waals surface area (Å²) in [5.41, 5.74) is 1.62. The minimum Gasteiger partial charge on any atom is -0.382 e. The van der Waals surface area contributed by atoms with E-state index in [-0.39, 0.29) is 4.90 Å². The lowest BCUT2D eigenvalue weighted by atomic mass is 10.1. The number of nitrogens with one attached hydrogen (secondary N) is 2. The molecule has 0 radical (unpaired) electrons. The van der Waals surface area contributed by atoms with Gasteiger partial charge in [-0.2, -0.15) is 0 Å². The number of fused-ring (bicyclic) bond motifs is 1. The van der Waals surface area contributed by atoms with E-state index in [1.807, 2.05) is 24.3 Å². The number of nitrogens with zero attached hydrogens (tertiary/aromatic N) is 1. The van der Waals surface area contributed by atoms with Crippen LogP contribution in [0.15, 0.2) is 59.6 Å². The number of aromatic nitrogens is 1. The molecule has 1 saturated heterocycles. The van der Waals surface area contributed by atoms with Crippen LogP contribution in [0.5, 0.6) is 0 Å². The first-order chi connectivity index (χ1) is 12.6. The van der Waals surface area contributed by atoms with Crippen LogP contribution in [-0.2, 0) is 10.0 Å². The van der Waals surface area contributed by atoms with E-state index in [0.29, 0.717) is 16.6 Å². The molecule has 136 valence electrons. The SMILES string of the molecule is O=S(=O)(c1cccc(Cl)c1)n1ccc2c(NC3CCNCC3)cccc21. The third-order valence-electron chi connectivity index (χ3n) is 4.75. The lowest BCUT2D eigenvalue weighted by Crippen LogP contribution is -2.35. The van der Waals surface area contributed by atoms with Crippen LogP contribution in [0.25, 0.3) is 10.9 Å². The largest absolute Gasteiger partial charge is 0.382 e. The number of rotatable bonds is 4. The van der Waals surface area contributed by atoms with Gasteiger partial charge in [0.2, 0.25) is 0 Å². The molecule has 2 aromatic carbocycles. The van der Waals surface area contributed by atoms with Crippen molar-refractivity contribution in [3.8, 4) is 0 Å². The molecule has 0 aliphatic carbocycles. The van der Waals surface area contributed by atoms with E-state index in [1.54, 1.807) is 24.4 Å². The Morgan fingerprint density at radius 1 is 1.08 bits per heavy atom. The molecule has 1 aliphatic heterocycles. The van der Waals surface area contributed by atoms with E-state index in [1.165, 1.54) is 10.0 Å². The van der Waals surface area contributed by atoms with E-state index in [0.717, 1.165) is 37.0 Å². The lowest BCUT2D eigenvalue weighted by Gasteiger charge is -2.25. The minimum absolute atomic E-state index is 0.180. The molecular weight excluding hydrogens is 370 g/mol.